The van der Waals surface area contributed by atoms with Crippen molar-refractivity contribution < 1.29 is 28.8 Å². The van der Waals surface area contributed by atoms with Crippen molar-refractivity contribution in [1.29, 1.82) is 0 Å². The Morgan fingerprint density at radius 2 is 1.65 bits per heavy atom. The third-order valence-corrected chi connectivity index (χ3v) is 6.30. The van der Waals surface area contributed by atoms with Gasteiger partial charge in [0, 0.05) is 23.3 Å². The van der Waals surface area contributed by atoms with Crippen molar-refractivity contribution in [3.8, 4) is 5.75 Å². The Labute approximate surface area is 195 Å². The Bertz CT molecular complexity index is 1140. The first kappa shape index (κ1) is 23.1. The maximum Gasteiger partial charge on any atom is 0.273 e. The smallest absolute Gasteiger partial charge is 0.273 e. The Hall–Kier alpha value is -4.08. The molecule has 0 unspecified atom stereocenters. The highest BCUT2D eigenvalue weighted by Crippen LogP contribution is 2.39. The van der Waals surface area contributed by atoms with E-state index < -0.39 is 46.8 Å². The maximum atomic E-state index is 13.5. The molecule has 2 atom stereocenters. The fourth-order valence-corrected chi connectivity index (χ4v) is 4.52. The van der Waals surface area contributed by atoms with Gasteiger partial charge >= 0.3 is 0 Å². The lowest BCUT2D eigenvalue weighted by Crippen LogP contribution is -2.52. The van der Waals surface area contributed by atoms with Gasteiger partial charge in [0.2, 0.25) is 0 Å². The Morgan fingerprint density at radius 3 is 2.21 bits per heavy atom. The van der Waals surface area contributed by atoms with Crippen molar-refractivity contribution >= 4 is 29.2 Å². The number of nitro benzene ring substituents is 1. The summed E-state index contributed by atoms with van der Waals surface area (Å²) in [6.07, 6.45) is 2.68. The number of hydrazine groups is 1. The highest BCUT2D eigenvalue weighted by molar-refractivity contribution is 6.09. The molecule has 10 heteroatoms. The van der Waals surface area contributed by atoms with E-state index in [0.717, 1.165) is 28.9 Å². The van der Waals surface area contributed by atoms with E-state index in [0.29, 0.717) is 18.6 Å². The summed E-state index contributed by atoms with van der Waals surface area (Å²) in [6.45, 7) is -0.579. The molecule has 0 N–H and O–H groups in total. The molecule has 2 aliphatic rings. The lowest BCUT2D eigenvalue weighted by molar-refractivity contribution is -0.384. The topological polar surface area (TPSA) is 127 Å². The number of ketones is 1. The van der Waals surface area contributed by atoms with Gasteiger partial charge in [-0.15, -0.1) is 0 Å². The van der Waals surface area contributed by atoms with Crippen LogP contribution in [0.4, 0.5) is 5.69 Å². The van der Waals surface area contributed by atoms with Gasteiger partial charge in [-0.1, -0.05) is 18.9 Å². The number of nitro groups is 1. The number of non-ortho nitro benzene ring substituents is 1. The summed E-state index contributed by atoms with van der Waals surface area (Å²) >= 11 is 0. The summed E-state index contributed by atoms with van der Waals surface area (Å²) in [5, 5.41) is 12.8. The van der Waals surface area contributed by atoms with Crippen LogP contribution in [-0.2, 0) is 9.59 Å². The largest absolute Gasteiger partial charge is 0.497 e. The number of amides is 3. The Balaban J connectivity index is 1.70. The number of hydrogen-bond acceptors (Lipinski definition) is 7. The molecule has 2 aromatic rings. The van der Waals surface area contributed by atoms with E-state index in [2.05, 4.69) is 0 Å². The molecule has 0 spiro atoms. The van der Waals surface area contributed by atoms with Crippen molar-refractivity contribution in [3.05, 3.63) is 69.8 Å². The monoisotopic (exact) mass is 465 g/mol. The van der Waals surface area contributed by atoms with Crippen LogP contribution in [0, 0.1) is 22.0 Å². The zero-order valence-corrected chi connectivity index (χ0v) is 18.5. The predicted octanol–water partition coefficient (Wildman–Crippen LogP) is 3.02. The number of Topliss-reactive ketones (excluding diaryl/α,β-unsaturated/α-hetero) is 1. The van der Waals surface area contributed by atoms with Gasteiger partial charge in [-0.2, -0.15) is 5.01 Å². The molecule has 3 amide bonds. The van der Waals surface area contributed by atoms with Crippen molar-refractivity contribution in [2.45, 2.75) is 25.7 Å². The molecule has 34 heavy (non-hydrogen) atoms. The molecular weight excluding hydrogens is 442 g/mol. The van der Waals surface area contributed by atoms with E-state index >= 15 is 0 Å². The molecule has 2 fully saturated rings. The first-order chi connectivity index (χ1) is 16.3. The van der Waals surface area contributed by atoms with E-state index in [9.17, 15) is 29.3 Å². The Kier molecular flexibility index (Phi) is 6.40. The fourth-order valence-electron chi connectivity index (χ4n) is 4.52. The van der Waals surface area contributed by atoms with Crippen molar-refractivity contribution in [2.75, 3.05) is 13.7 Å². The van der Waals surface area contributed by atoms with E-state index in [1.54, 1.807) is 12.1 Å². The SMILES string of the molecule is COc1ccc(C(=O)CN(C(=O)c2cccc([N+](=O)[O-])c2)N2C(=O)[C@@H]3CCCC[C@H]3C2=O)cc1. The van der Waals surface area contributed by atoms with Crippen molar-refractivity contribution in [1.82, 2.24) is 10.0 Å². The average Bonchev–Trinajstić information content (AvgIpc) is 3.12. The molecule has 1 aliphatic carbocycles. The number of benzene rings is 2. The number of carbonyl (C=O) groups is 4. The van der Waals surface area contributed by atoms with Crippen LogP contribution in [0.1, 0.15) is 46.4 Å². The molecule has 2 aromatic carbocycles. The van der Waals surface area contributed by atoms with Crippen LogP contribution in [-0.4, -0.2) is 52.1 Å². The minimum absolute atomic E-state index is 0.104. The number of ether oxygens (including phenoxy) is 1. The van der Waals surface area contributed by atoms with Gasteiger partial charge in [0.05, 0.1) is 23.9 Å². The lowest BCUT2D eigenvalue weighted by atomic mass is 9.81. The second-order valence-corrected chi connectivity index (χ2v) is 8.31. The summed E-state index contributed by atoms with van der Waals surface area (Å²) < 4.78 is 5.09. The van der Waals surface area contributed by atoms with Gasteiger partial charge in [0.1, 0.15) is 12.3 Å². The van der Waals surface area contributed by atoms with Gasteiger partial charge in [-0.25, -0.2) is 5.01 Å². The van der Waals surface area contributed by atoms with Crippen LogP contribution in [0.15, 0.2) is 48.5 Å². The molecule has 0 radical (unpaired) electrons. The quantitative estimate of drug-likeness (QED) is 0.266. The highest BCUT2D eigenvalue weighted by Gasteiger charge is 2.51. The number of carbonyl (C=O) groups excluding carboxylic acids is 4. The summed E-state index contributed by atoms with van der Waals surface area (Å²) in [5.74, 6) is -2.90. The van der Waals surface area contributed by atoms with E-state index in [-0.39, 0.29) is 16.8 Å². The fraction of sp³-hybridized carbons (Fsp3) is 0.333. The zero-order chi connectivity index (χ0) is 24.4. The molecule has 0 bridgehead atoms. The molecule has 1 saturated heterocycles. The molecule has 1 heterocycles. The highest BCUT2D eigenvalue weighted by atomic mass is 16.6. The van der Waals surface area contributed by atoms with Crippen LogP contribution < -0.4 is 4.74 Å². The molecule has 4 rings (SSSR count). The average molecular weight is 465 g/mol. The summed E-state index contributed by atoms with van der Waals surface area (Å²) in [5.41, 5.74) is -0.165. The minimum Gasteiger partial charge on any atom is -0.497 e. The number of nitrogens with zero attached hydrogens (tertiary/aromatic N) is 3. The van der Waals surface area contributed by atoms with Crippen LogP contribution in [0.5, 0.6) is 5.75 Å². The van der Waals surface area contributed by atoms with Crippen molar-refractivity contribution in [3.63, 3.8) is 0 Å². The second kappa shape index (κ2) is 9.42. The standard InChI is InChI=1S/C24H23N3O7/c1-34-18-11-9-15(10-12-18)21(28)14-25(22(29)16-5-4-6-17(13-16)27(32)33)26-23(30)19-7-2-3-8-20(19)24(26)31/h4-6,9-13,19-20H,2-3,7-8,14H2,1H3/t19-,20-/m1/s1. The minimum atomic E-state index is -0.842. The second-order valence-electron chi connectivity index (χ2n) is 8.31. The summed E-state index contributed by atoms with van der Waals surface area (Å²) in [6, 6.07) is 11.2. The normalized spacial score (nSPS) is 19.5. The van der Waals surface area contributed by atoms with E-state index in [1.165, 1.54) is 37.4 Å². The predicted molar refractivity (Wildman–Crippen MR) is 119 cm³/mol. The van der Waals surface area contributed by atoms with Gasteiger partial charge in [-0.05, 0) is 43.2 Å². The third-order valence-electron chi connectivity index (χ3n) is 6.30. The number of fused-ring (bicyclic) bond motifs is 1. The van der Waals surface area contributed by atoms with E-state index in [4.69, 9.17) is 4.74 Å². The van der Waals surface area contributed by atoms with Gasteiger partial charge in [0.25, 0.3) is 23.4 Å². The van der Waals surface area contributed by atoms with Crippen molar-refractivity contribution in [2.24, 2.45) is 11.8 Å². The first-order valence-corrected chi connectivity index (χ1v) is 10.9. The van der Waals surface area contributed by atoms with Crippen LogP contribution in [0.3, 0.4) is 0 Å². The molecule has 1 saturated carbocycles. The number of imide groups is 1. The van der Waals surface area contributed by atoms with Crippen LogP contribution >= 0.6 is 0 Å². The van der Waals surface area contributed by atoms with Crippen LogP contribution in [0.2, 0.25) is 0 Å². The Morgan fingerprint density at radius 1 is 1.03 bits per heavy atom. The molecule has 1 aliphatic heterocycles. The third kappa shape index (κ3) is 4.26. The number of hydrogen-bond donors (Lipinski definition) is 0. The number of rotatable bonds is 7. The summed E-state index contributed by atoms with van der Waals surface area (Å²) in [7, 11) is 1.49. The molecular formula is C24H23N3O7. The zero-order valence-electron chi connectivity index (χ0n) is 18.5. The maximum absolute atomic E-state index is 13.5. The van der Waals surface area contributed by atoms with E-state index in [1.807, 2.05) is 0 Å². The van der Waals surface area contributed by atoms with Gasteiger partial charge in [-0.3, -0.25) is 29.3 Å². The molecule has 0 aromatic heterocycles. The summed E-state index contributed by atoms with van der Waals surface area (Å²) in [4.78, 5) is 63.4. The molecule has 10 nitrogen and oxygen atoms in total. The van der Waals surface area contributed by atoms with Crippen LogP contribution in [0.25, 0.3) is 0 Å². The lowest BCUT2D eigenvalue weighted by Gasteiger charge is -2.30. The van der Waals surface area contributed by atoms with Gasteiger partial charge < -0.3 is 4.74 Å². The number of methoxy groups -OCH3 is 1. The molecule has 176 valence electrons. The van der Waals surface area contributed by atoms with Gasteiger partial charge in [0.15, 0.2) is 5.78 Å². The first-order valence-electron chi connectivity index (χ1n) is 10.9.